The number of nitrogens with one attached hydrogen (secondary N) is 1. The van der Waals surface area contributed by atoms with Crippen LogP contribution >= 0.6 is 38.9 Å². The van der Waals surface area contributed by atoms with Crippen LogP contribution in [0.3, 0.4) is 0 Å². The quantitative estimate of drug-likeness (QED) is 0.883. The molecule has 1 heterocycles. The molecule has 0 aliphatic heterocycles. The highest BCUT2D eigenvalue weighted by Crippen LogP contribution is 2.25. The Hall–Kier alpha value is -0.470. The minimum Gasteiger partial charge on any atom is -0.245 e. The highest BCUT2D eigenvalue weighted by Gasteiger charge is 2.15. The lowest BCUT2D eigenvalue weighted by Crippen LogP contribution is -2.23. The first-order valence-electron chi connectivity index (χ1n) is 5.24. The van der Waals surface area contributed by atoms with Crippen LogP contribution in [0.25, 0.3) is 0 Å². The Bertz CT molecular complexity index is 700. The smallest absolute Gasteiger partial charge is 0.240 e. The molecule has 2 aromatic rings. The van der Waals surface area contributed by atoms with Crippen LogP contribution in [0.4, 0.5) is 0 Å². The predicted molar refractivity (Wildman–Crippen MR) is 80.0 cm³/mol. The molecule has 0 spiro atoms. The summed E-state index contributed by atoms with van der Waals surface area (Å²) in [5.41, 5.74) is 0.708. The average molecular weight is 382 g/mol. The molecule has 0 bridgehead atoms. The fraction of sp³-hybridized carbons (Fsp3) is 0.182. The summed E-state index contributed by atoms with van der Waals surface area (Å²) in [5, 5.41) is 3.20. The van der Waals surface area contributed by atoms with Crippen LogP contribution in [0.15, 0.2) is 32.9 Å². The number of sulfonamides is 1. The highest BCUT2D eigenvalue weighted by molar-refractivity contribution is 9.10. The Morgan fingerprint density at radius 3 is 2.79 bits per heavy atom. The molecule has 0 unspecified atom stereocenters. The third kappa shape index (κ3) is 3.76. The van der Waals surface area contributed by atoms with Gasteiger partial charge in [0, 0.05) is 9.85 Å². The number of hydrogen-bond acceptors (Lipinski definition) is 4. The van der Waals surface area contributed by atoms with Gasteiger partial charge < -0.3 is 0 Å². The Morgan fingerprint density at radius 2 is 2.21 bits per heavy atom. The molecule has 1 N–H and O–H groups in total. The average Bonchev–Trinajstić information content (AvgIpc) is 2.76. The molecule has 0 saturated carbocycles. The van der Waals surface area contributed by atoms with E-state index in [1.807, 2.05) is 12.3 Å². The van der Waals surface area contributed by atoms with E-state index in [1.165, 1.54) is 29.5 Å². The molecule has 1 aromatic carbocycles. The summed E-state index contributed by atoms with van der Waals surface area (Å²) in [7, 11) is -3.56. The molecule has 0 saturated heterocycles. The number of thiazole rings is 1. The number of aryl methyl sites for hydroxylation is 1. The van der Waals surface area contributed by atoms with Gasteiger partial charge in [-0.3, -0.25) is 0 Å². The van der Waals surface area contributed by atoms with Gasteiger partial charge in [-0.1, -0.05) is 11.6 Å². The van der Waals surface area contributed by atoms with Gasteiger partial charge in [-0.25, -0.2) is 18.1 Å². The lowest BCUT2D eigenvalue weighted by molar-refractivity contribution is 0.580. The summed E-state index contributed by atoms with van der Waals surface area (Å²) in [5.74, 6) is 0. The Balaban J connectivity index is 2.16. The zero-order valence-electron chi connectivity index (χ0n) is 9.85. The van der Waals surface area contributed by atoms with Crippen LogP contribution < -0.4 is 4.72 Å². The predicted octanol–water partition coefficient (Wildman–Crippen LogP) is 3.35. The second kappa shape index (κ2) is 5.88. The summed E-state index contributed by atoms with van der Waals surface area (Å²) in [6, 6.07) is 4.46. The lowest BCUT2D eigenvalue weighted by Gasteiger charge is -2.06. The van der Waals surface area contributed by atoms with Gasteiger partial charge in [-0.2, -0.15) is 0 Å². The summed E-state index contributed by atoms with van der Waals surface area (Å²) in [6.45, 7) is 2.05. The molecule has 0 atom stereocenters. The van der Waals surface area contributed by atoms with Crippen molar-refractivity contribution in [3.05, 3.63) is 43.8 Å². The van der Waals surface area contributed by atoms with Crippen molar-refractivity contribution in [2.24, 2.45) is 0 Å². The van der Waals surface area contributed by atoms with Crippen molar-refractivity contribution in [2.45, 2.75) is 18.4 Å². The van der Waals surface area contributed by atoms with E-state index in [1.54, 1.807) is 0 Å². The molecule has 19 heavy (non-hydrogen) atoms. The topological polar surface area (TPSA) is 59.1 Å². The van der Waals surface area contributed by atoms with Crippen LogP contribution in [0.2, 0.25) is 5.02 Å². The second-order valence-electron chi connectivity index (χ2n) is 3.76. The molecule has 0 amide bonds. The summed E-state index contributed by atoms with van der Waals surface area (Å²) in [6.07, 6.45) is 0. The number of nitrogens with zero attached hydrogens (tertiary/aromatic N) is 1. The first-order valence-corrected chi connectivity index (χ1v) is 8.77. The first kappa shape index (κ1) is 14.9. The SMILES string of the molecule is Cc1nc(CNS(=O)(=O)c2ccc(Cl)c(Br)c2)cs1. The third-order valence-electron chi connectivity index (χ3n) is 2.31. The molecule has 0 aliphatic carbocycles. The van der Waals surface area contributed by atoms with Crippen LogP contribution in [-0.2, 0) is 16.6 Å². The number of hydrogen-bond donors (Lipinski definition) is 1. The molecule has 8 heteroatoms. The van der Waals surface area contributed by atoms with Gasteiger partial charge in [0.05, 0.1) is 27.2 Å². The third-order valence-corrected chi connectivity index (χ3v) is 5.75. The van der Waals surface area contributed by atoms with Crippen molar-refractivity contribution >= 4 is 48.9 Å². The van der Waals surface area contributed by atoms with E-state index in [-0.39, 0.29) is 11.4 Å². The minimum absolute atomic E-state index is 0.163. The summed E-state index contributed by atoms with van der Waals surface area (Å²) < 4.78 is 27.2. The maximum atomic E-state index is 12.1. The molecule has 2 rings (SSSR count). The molecular formula is C11H10BrClN2O2S2. The van der Waals surface area contributed by atoms with E-state index in [4.69, 9.17) is 11.6 Å². The molecule has 0 radical (unpaired) electrons. The number of rotatable bonds is 4. The normalized spacial score (nSPS) is 11.7. The second-order valence-corrected chi connectivity index (χ2v) is 7.85. The monoisotopic (exact) mass is 380 g/mol. The Morgan fingerprint density at radius 1 is 1.47 bits per heavy atom. The maximum Gasteiger partial charge on any atom is 0.240 e. The first-order chi connectivity index (χ1) is 8.88. The molecular weight excluding hydrogens is 372 g/mol. The lowest BCUT2D eigenvalue weighted by atomic mass is 10.4. The van der Waals surface area contributed by atoms with Gasteiger partial charge in [0.2, 0.25) is 10.0 Å². The highest BCUT2D eigenvalue weighted by atomic mass is 79.9. The van der Waals surface area contributed by atoms with E-state index >= 15 is 0 Å². The van der Waals surface area contributed by atoms with Crippen molar-refractivity contribution in [2.75, 3.05) is 0 Å². The van der Waals surface area contributed by atoms with Crippen LogP contribution in [0, 0.1) is 6.92 Å². The zero-order valence-corrected chi connectivity index (χ0v) is 13.8. The van der Waals surface area contributed by atoms with E-state index < -0.39 is 10.0 Å². The minimum atomic E-state index is -3.56. The van der Waals surface area contributed by atoms with E-state index in [2.05, 4.69) is 25.6 Å². The van der Waals surface area contributed by atoms with Gasteiger partial charge in [-0.15, -0.1) is 11.3 Å². The number of halogens is 2. The zero-order chi connectivity index (χ0) is 14.0. The van der Waals surface area contributed by atoms with E-state index in [0.717, 1.165) is 5.01 Å². The molecule has 1 aromatic heterocycles. The van der Waals surface area contributed by atoms with Crippen molar-refractivity contribution in [1.82, 2.24) is 9.71 Å². The van der Waals surface area contributed by atoms with Crippen LogP contribution in [-0.4, -0.2) is 13.4 Å². The van der Waals surface area contributed by atoms with Crippen molar-refractivity contribution in [1.29, 1.82) is 0 Å². The maximum absolute atomic E-state index is 12.1. The summed E-state index contributed by atoms with van der Waals surface area (Å²) in [4.78, 5) is 4.36. The van der Waals surface area contributed by atoms with Crippen molar-refractivity contribution in [3.63, 3.8) is 0 Å². The van der Waals surface area contributed by atoms with Crippen LogP contribution in [0.1, 0.15) is 10.7 Å². The van der Waals surface area contributed by atoms with Crippen molar-refractivity contribution in [3.8, 4) is 0 Å². The van der Waals surface area contributed by atoms with E-state index in [9.17, 15) is 8.42 Å². The van der Waals surface area contributed by atoms with Gasteiger partial charge in [-0.05, 0) is 41.1 Å². The van der Waals surface area contributed by atoms with Gasteiger partial charge in [0.15, 0.2) is 0 Å². The summed E-state index contributed by atoms with van der Waals surface area (Å²) >= 11 is 10.5. The molecule has 0 fully saturated rings. The van der Waals surface area contributed by atoms with Gasteiger partial charge in [0.1, 0.15) is 0 Å². The number of benzene rings is 1. The van der Waals surface area contributed by atoms with Crippen LogP contribution in [0.5, 0.6) is 0 Å². The molecule has 0 aliphatic rings. The van der Waals surface area contributed by atoms with E-state index in [0.29, 0.717) is 15.2 Å². The Labute approximate surface area is 129 Å². The fourth-order valence-electron chi connectivity index (χ4n) is 1.39. The largest absolute Gasteiger partial charge is 0.245 e. The van der Waals surface area contributed by atoms with Gasteiger partial charge >= 0.3 is 0 Å². The standard InChI is InChI=1S/C11H10BrClN2O2S2/c1-7-15-8(6-18-7)5-14-19(16,17)9-2-3-11(13)10(12)4-9/h2-4,6,14H,5H2,1H3. The fourth-order valence-corrected chi connectivity index (χ4v) is 3.67. The Kier molecular flexibility index (Phi) is 4.62. The molecule has 102 valence electrons. The van der Waals surface area contributed by atoms with Crippen molar-refractivity contribution < 1.29 is 8.42 Å². The van der Waals surface area contributed by atoms with Gasteiger partial charge in [0.25, 0.3) is 0 Å². The molecule has 4 nitrogen and oxygen atoms in total. The number of aromatic nitrogens is 1.